The fourth-order valence-electron chi connectivity index (χ4n) is 12.4. The van der Waals surface area contributed by atoms with Gasteiger partial charge in [0, 0.05) is 31.6 Å². The SMILES string of the molecule is CC(C)C1=C2[C@H]3CC[C@@H]4[C@@]5(C)CCC(NC(=O)N6CC[C@H](N)C6)C(C)(C)[C@@H]5CC[C@@]4(C)[C@]3(C)CC[C@@]2(C)CC1=O. The molecule has 6 aliphatic rings. The lowest BCUT2D eigenvalue weighted by Crippen LogP contribution is -2.67. The molecule has 0 bridgehead atoms. The van der Waals surface area contributed by atoms with Crippen LogP contribution in [0.2, 0.25) is 0 Å². The minimum absolute atomic E-state index is 0.0555. The third-order valence-corrected chi connectivity index (χ3v) is 14.6. The highest BCUT2D eigenvalue weighted by molar-refractivity contribution is 6.00. The first-order chi connectivity index (χ1) is 18.6. The maximum atomic E-state index is 13.3. The number of Topliss-reactive ketones (excluding diaryl/α,β-unsaturated/α-hetero) is 1. The zero-order valence-electron chi connectivity index (χ0n) is 26.8. The van der Waals surface area contributed by atoms with Crippen LogP contribution < -0.4 is 11.1 Å². The fraction of sp³-hybridized carbons (Fsp3) is 0.886. The molecule has 0 radical (unpaired) electrons. The maximum absolute atomic E-state index is 13.3. The van der Waals surface area contributed by atoms with Crippen molar-refractivity contribution in [3.8, 4) is 0 Å². The van der Waals surface area contributed by atoms with Crippen molar-refractivity contribution < 1.29 is 9.59 Å². The van der Waals surface area contributed by atoms with E-state index in [0.29, 0.717) is 36.0 Å². The molecule has 224 valence electrons. The van der Waals surface area contributed by atoms with Gasteiger partial charge in [0.25, 0.3) is 0 Å². The molecule has 5 fully saturated rings. The number of nitrogens with zero attached hydrogens (tertiary/aromatic N) is 1. The molecule has 1 heterocycles. The topological polar surface area (TPSA) is 75.4 Å². The van der Waals surface area contributed by atoms with Gasteiger partial charge in [-0.1, -0.05) is 61.0 Å². The Morgan fingerprint density at radius 3 is 2.27 bits per heavy atom. The molecule has 6 rings (SSSR count). The predicted molar refractivity (Wildman–Crippen MR) is 162 cm³/mol. The van der Waals surface area contributed by atoms with E-state index in [9.17, 15) is 9.59 Å². The van der Waals surface area contributed by atoms with Crippen molar-refractivity contribution >= 4 is 11.8 Å². The minimum atomic E-state index is 0.0555. The number of fused-ring (bicyclic) bond motifs is 7. The number of allylic oxidation sites excluding steroid dienone is 2. The van der Waals surface area contributed by atoms with E-state index in [-0.39, 0.29) is 45.2 Å². The van der Waals surface area contributed by atoms with Crippen LogP contribution in [0.4, 0.5) is 4.79 Å². The first kappa shape index (κ1) is 28.7. The van der Waals surface area contributed by atoms with E-state index in [2.05, 4.69) is 60.7 Å². The number of amides is 2. The molecule has 0 aromatic carbocycles. The zero-order chi connectivity index (χ0) is 29.0. The number of likely N-dealkylation sites (tertiary alicyclic amines) is 1. The second-order valence-electron chi connectivity index (χ2n) is 17.1. The Balaban J connectivity index is 1.29. The minimum Gasteiger partial charge on any atom is -0.335 e. The maximum Gasteiger partial charge on any atom is 0.317 e. The van der Waals surface area contributed by atoms with Gasteiger partial charge in [0.15, 0.2) is 5.78 Å². The first-order valence-corrected chi connectivity index (χ1v) is 16.7. The van der Waals surface area contributed by atoms with Crippen molar-refractivity contribution in [1.29, 1.82) is 0 Å². The van der Waals surface area contributed by atoms with E-state index in [1.54, 1.807) is 5.57 Å². The van der Waals surface area contributed by atoms with Crippen LogP contribution in [0.3, 0.4) is 0 Å². The number of rotatable bonds is 2. The number of hydrogen-bond donors (Lipinski definition) is 2. The van der Waals surface area contributed by atoms with Crippen LogP contribution in [0.5, 0.6) is 0 Å². The molecule has 0 spiro atoms. The van der Waals surface area contributed by atoms with Crippen molar-refractivity contribution in [3.63, 3.8) is 0 Å². The van der Waals surface area contributed by atoms with E-state index < -0.39 is 0 Å². The van der Waals surface area contributed by atoms with Gasteiger partial charge in [-0.3, -0.25) is 4.79 Å². The number of carbonyl (C=O) groups is 2. The highest BCUT2D eigenvalue weighted by Gasteiger charge is 2.69. The molecule has 1 aliphatic heterocycles. The summed E-state index contributed by atoms with van der Waals surface area (Å²) in [7, 11) is 0. The van der Waals surface area contributed by atoms with E-state index in [1.165, 1.54) is 50.5 Å². The molecule has 2 amide bonds. The third kappa shape index (κ3) is 3.73. The Morgan fingerprint density at radius 2 is 1.62 bits per heavy atom. The van der Waals surface area contributed by atoms with Crippen molar-refractivity contribution in [2.24, 2.45) is 56.5 Å². The van der Waals surface area contributed by atoms with Gasteiger partial charge in [0.05, 0.1) is 0 Å². The molecule has 4 saturated carbocycles. The molecular formula is C35H57N3O2. The quantitative estimate of drug-likeness (QED) is 0.384. The van der Waals surface area contributed by atoms with Gasteiger partial charge in [0.1, 0.15) is 0 Å². The Kier molecular flexibility index (Phi) is 6.52. The van der Waals surface area contributed by atoms with E-state index in [1.807, 2.05) is 4.90 Å². The highest BCUT2D eigenvalue weighted by atomic mass is 16.2. The Labute approximate surface area is 243 Å². The van der Waals surface area contributed by atoms with E-state index in [4.69, 9.17) is 5.73 Å². The Bertz CT molecular complexity index is 1130. The molecule has 5 nitrogen and oxygen atoms in total. The van der Waals surface area contributed by atoms with Crippen LogP contribution in [0, 0.1) is 50.7 Å². The van der Waals surface area contributed by atoms with Crippen LogP contribution >= 0.6 is 0 Å². The first-order valence-electron chi connectivity index (χ1n) is 16.7. The highest BCUT2D eigenvalue weighted by Crippen LogP contribution is 2.76. The number of carbonyl (C=O) groups excluding carboxylic acids is 2. The summed E-state index contributed by atoms with van der Waals surface area (Å²) >= 11 is 0. The number of ketones is 1. The third-order valence-electron chi connectivity index (χ3n) is 14.6. The second-order valence-corrected chi connectivity index (χ2v) is 17.1. The van der Waals surface area contributed by atoms with Crippen LogP contribution in [0.1, 0.15) is 120 Å². The van der Waals surface area contributed by atoms with Gasteiger partial charge in [-0.15, -0.1) is 0 Å². The van der Waals surface area contributed by atoms with Gasteiger partial charge < -0.3 is 16.0 Å². The molecule has 5 aliphatic carbocycles. The smallest absolute Gasteiger partial charge is 0.317 e. The fourth-order valence-corrected chi connectivity index (χ4v) is 12.4. The van der Waals surface area contributed by atoms with Crippen molar-refractivity contribution in [2.75, 3.05) is 13.1 Å². The van der Waals surface area contributed by atoms with E-state index in [0.717, 1.165) is 25.8 Å². The standard InChI is InChI=1S/C35H57N3O2/c1-21(2)28-24(39)19-32(5)16-17-34(7)23(29(28)32)9-10-26-33(6)14-12-27(37-30(40)38-18-13-22(36)20-38)31(3,4)25(33)11-15-35(26,34)8/h21-23,25-27H,9-20,36H2,1-8H3,(H,37,40)/t22-,23+,25-,26+,27?,32-,33-,34+,35+/m0/s1. The summed E-state index contributed by atoms with van der Waals surface area (Å²) in [6.45, 7) is 21.2. The van der Waals surface area contributed by atoms with Crippen LogP contribution in [0.25, 0.3) is 0 Å². The zero-order valence-corrected chi connectivity index (χ0v) is 26.8. The largest absolute Gasteiger partial charge is 0.335 e. The average Bonchev–Trinajstić information content (AvgIpc) is 3.41. The number of nitrogens with one attached hydrogen (secondary N) is 1. The Hall–Kier alpha value is -1.36. The normalized spacial score (nSPS) is 48.0. The number of hydrogen-bond acceptors (Lipinski definition) is 3. The number of nitrogens with two attached hydrogens (primary N) is 1. The number of urea groups is 1. The van der Waals surface area contributed by atoms with Gasteiger partial charge in [-0.25, -0.2) is 4.79 Å². The van der Waals surface area contributed by atoms with Crippen molar-refractivity contribution in [2.45, 2.75) is 132 Å². The van der Waals surface area contributed by atoms with E-state index >= 15 is 0 Å². The molecule has 0 aromatic heterocycles. The molecule has 3 N–H and O–H groups in total. The second kappa shape index (κ2) is 9.07. The lowest BCUT2D eigenvalue weighted by Gasteiger charge is -2.72. The molecule has 40 heavy (non-hydrogen) atoms. The molecule has 5 heteroatoms. The van der Waals surface area contributed by atoms with Gasteiger partial charge >= 0.3 is 6.03 Å². The van der Waals surface area contributed by atoms with Crippen molar-refractivity contribution in [3.05, 3.63) is 11.1 Å². The summed E-state index contributed by atoms with van der Waals surface area (Å²) in [5.41, 5.74) is 9.84. The Morgan fingerprint density at radius 1 is 0.900 bits per heavy atom. The van der Waals surface area contributed by atoms with Gasteiger partial charge in [-0.05, 0) is 114 Å². The van der Waals surface area contributed by atoms with Crippen molar-refractivity contribution in [1.82, 2.24) is 10.2 Å². The lowest BCUT2D eigenvalue weighted by atomic mass is 9.33. The molecule has 9 atom stereocenters. The summed E-state index contributed by atoms with van der Waals surface area (Å²) in [6.07, 6.45) is 11.4. The molecule has 0 aromatic rings. The summed E-state index contributed by atoms with van der Waals surface area (Å²) in [5.74, 6) is 2.61. The van der Waals surface area contributed by atoms with Crippen LogP contribution in [-0.4, -0.2) is 41.9 Å². The predicted octanol–water partition coefficient (Wildman–Crippen LogP) is 7.10. The lowest BCUT2D eigenvalue weighted by molar-refractivity contribution is -0.215. The summed E-state index contributed by atoms with van der Waals surface area (Å²) in [5, 5.41) is 3.50. The summed E-state index contributed by atoms with van der Waals surface area (Å²) in [4.78, 5) is 28.5. The molecule has 1 saturated heterocycles. The van der Waals surface area contributed by atoms with Gasteiger partial charge in [-0.2, -0.15) is 0 Å². The molecule has 1 unspecified atom stereocenters. The van der Waals surface area contributed by atoms with Crippen LogP contribution in [-0.2, 0) is 4.79 Å². The average molecular weight is 552 g/mol. The summed E-state index contributed by atoms with van der Waals surface area (Å²) < 4.78 is 0. The summed E-state index contributed by atoms with van der Waals surface area (Å²) in [6, 6.07) is 0.423. The van der Waals surface area contributed by atoms with Gasteiger partial charge in [0.2, 0.25) is 0 Å². The molecular weight excluding hydrogens is 494 g/mol. The van der Waals surface area contributed by atoms with Crippen LogP contribution in [0.15, 0.2) is 11.1 Å². The monoisotopic (exact) mass is 551 g/mol.